The summed E-state index contributed by atoms with van der Waals surface area (Å²) in [5, 5.41) is 4.59. The van der Waals surface area contributed by atoms with Gasteiger partial charge in [-0.15, -0.1) is 0 Å². The Morgan fingerprint density at radius 2 is 0.873 bits per heavy atom. The van der Waals surface area contributed by atoms with Crippen molar-refractivity contribution in [3.8, 4) is 27.9 Å². The molecule has 334 valence electrons. The number of nitrogens with zero attached hydrogens (tertiary/aromatic N) is 3. The molecule has 14 rings (SSSR count). The van der Waals surface area contributed by atoms with Gasteiger partial charge in [0.2, 0.25) is 0 Å². The average Bonchev–Trinajstić information content (AvgIpc) is 4.08. The molecule has 0 aliphatic heterocycles. The van der Waals surface area contributed by atoms with Crippen molar-refractivity contribution in [2.24, 2.45) is 0 Å². The Morgan fingerprint density at radius 1 is 0.324 bits per heavy atom. The lowest BCUT2D eigenvalue weighted by Crippen LogP contribution is -2.44. The van der Waals surface area contributed by atoms with E-state index in [-0.39, 0.29) is 0 Å². The van der Waals surface area contributed by atoms with Crippen molar-refractivity contribution in [1.82, 2.24) is 4.57 Å². The van der Waals surface area contributed by atoms with Gasteiger partial charge in [-0.05, 0) is 124 Å². The maximum Gasteiger partial charge on any atom is 0.137 e. The SMILES string of the molecule is c1ccc(-c2cccc(-n3c4ccccc4c4ccc(N(c5ccc6c(c5)C(c5ccccc5)(N(c5ccccc5)c5ccccc5)c5ccccc5-6)c5ccc6c(c5)oc5ccccc56)cc43)c2)cc1. The van der Waals surface area contributed by atoms with Gasteiger partial charge >= 0.3 is 0 Å². The summed E-state index contributed by atoms with van der Waals surface area (Å²) in [5.74, 6) is 0. The van der Waals surface area contributed by atoms with Crippen molar-refractivity contribution in [3.63, 3.8) is 0 Å². The van der Waals surface area contributed by atoms with Gasteiger partial charge in [-0.3, -0.25) is 0 Å². The fourth-order valence-corrected chi connectivity index (χ4v) is 11.6. The molecule has 1 aliphatic rings. The molecule has 11 aromatic carbocycles. The minimum Gasteiger partial charge on any atom is -0.456 e. The second-order valence-corrected chi connectivity index (χ2v) is 18.4. The summed E-state index contributed by atoms with van der Waals surface area (Å²) in [7, 11) is 0. The summed E-state index contributed by atoms with van der Waals surface area (Å²) in [6.45, 7) is 0. The molecule has 0 saturated carbocycles. The lowest BCUT2D eigenvalue weighted by Gasteiger charge is -2.45. The molecule has 0 bridgehead atoms. The minimum absolute atomic E-state index is 0.777. The van der Waals surface area contributed by atoms with Gasteiger partial charge in [-0.1, -0.05) is 182 Å². The van der Waals surface area contributed by atoms with Gasteiger partial charge in [-0.2, -0.15) is 0 Å². The van der Waals surface area contributed by atoms with E-state index in [4.69, 9.17) is 4.42 Å². The van der Waals surface area contributed by atoms with E-state index < -0.39 is 5.54 Å². The molecule has 2 heterocycles. The zero-order valence-electron chi connectivity index (χ0n) is 38.7. The van der Waals surface area contributed by atoms with Crippen LogP contribution in [-0.2, 0) is 5.54 Å². The highest BCUT2D eigenvalue weighted by molar-refractivity contribution is 6.11. The third-order valence-electron chi connectivity index (χ3n) is 14.6. The number of aromatic nitrogens is 1. The smallest absolute Gasteiger partial charge is 0.137 e. The first-order valence-electron chi connectivity index (χ1n) is 24.3. The maximum absolute atomic E-state index is 6.65. The summed E-state index contributed by atoms with van der Waals surface area (Å²) in [6, 6.07) is 99.2. The van der Waals surface area contributed by atoms with Crippen LogP contribution in [0.2, 0.25) is 0 Å². The van der Waals surface area contributed by atoms with Crippen molar-refractivity contribution >= 4 is 72.2 Å². The van der Waals surface area contributed by atoms with Crippen LogP contribution in [-0.4, -0.2) is 4.57 Å². The topological polar surface area (TPSA) is 24.6 Å². The van der Waals surface area contributed by atoms with Crippen LogP contribution >= 0.6 is 0 Å². The van der Waals surface area contributed by atoms with E-state index in [1.54, 1.807) is 0 Å². The normalized spacial score (nSPS) is 14.0. The molecule has 0 saturated heterocycles. The van der Waals surface area contributed by atoms with Gasteiger partial charge in [0, 0.05) is 61.7 Å². The number of hydrogen-bond acceptors (Lipinski definition) is 3. The van der Waals surface area contributed by atoms with E-state index in [1.165, 1.54) is 49.7 Å². The van der Waals surface area contributed by atoms with Crippen LogP contribution in [0.3, 0.4) is 0 Å². The molecule has 2 aromatic heterocycles. The Labute approximate surface area is 412 Å². The molecule has 1 unspecified atom stereocenters. The van der Waals surface area contributed by atoms with Crippen LogP contribution in [0.5, 0.6) is 0 Å². The quantitative estimate of drug-likeness (QED) is 0.144. The third-order valence-corrected chi connectivity index (χ3v) is 14.6. The summed E-state index contributed by atoms with van der Waals surface area (Å²) in [6.07, 6.45) is 0. The molecule has 0 fully saturated rings. The lowest BCUT2D eigenvalue weighted by atomic mass is 9.78. The Morgan fingerprint density at radius 3 is 1.65 bits per heavy atom. The molecular weight excluding hydrogens is 863 g/mol. The highest BCUT2D eigenvalue weighted by Gasteiger charge is 2.50. The highest BCUT2D eigenvalue weighted by Crippen LogP contribution is 2.59. The predicted octanol–water partition coefficient (Wildman–Crippen LogP) is 17.9. The molecule has 0 spiro atoms. The van der Waals surface area contributed by atoms with Gasteiger partial charge in [0.05, 0.1) is 11.0 Å². The average molecular weight is 908 g/mol. The maximum atomic E-state index is 6.65. The Hall–Kier alpha value is -9.38. The molecule has 0 radical (unpaired) electrons. The fourth-order valence-electron chi connectivity index (χ4n) is 11.6. The molecule has 4 heteroatoms. The van der Waals surface area contributed by atoms with E-state index in [1.807, 2.05) is 6.07 Å². The van der Waals surface area contributed by atoms with Crippen molar-refractivity contribution < 1.29 is 4.42 Å². The van der Waals surface area contributed by atoms with Crippen molar-refractivity contribution in [1.29, 1.82) is 0 Å². The van der Waals surface area contributed by atoms with Gasteiger partial charge in [0.25, 0.3) is 0 Å². The second-order valence-electron chi connectivity index (χ2n) is 18.4. The molecule has 71 heavy (non-hydrogen) atoms. The van der Waals surface area contributed by atoms with Crippen molar-refractivity contribution in [2.75, 3.05) is 9.80 Å². The standard InChI is InChI=1S/C67H45N3O/c1-5-20-46(21-6-1)47-22-19-29-51(42-47)69-63-34-17-14-31-57(63)58-40-37-53(44-64(58)69)68(54-38-41-60-59-32-15-18-35-65(59)71-66(60)45-54)52-36-39-56-55-30-13-16-33-61(55)67(62(56)43-52,48-23-7-2-8-24-48)70(49-25-9-3-10-26-49)50-27-11-4-12-28-50/h1-45H. The number of anilines is 5. The monoisotopic (exact) mass is 907 g/mol. The molecule has 1 aliphatic carbocycles. The second kappa shape index (κ2) is 16.4. The van der Waals surface area contributed by atoms with Crippen LogP contribution in [0.4, 0.5) is 28.4 Å². The number of benzene rings is 11. The first-order chi connectivity index (χ1) is 35.2. The zero-order chi connectivity index (χ0) is 46.9. The first-order valence-corrected chi connectivity index (χ1v) is 24.3. The van der Waals surface area contributed by atoms with Gasteiger partial charge in [0.1, 0.15) is 16.7 Å². The van der Waals surface area contributed by atoms with Crippen molar-refractivity contribution in [3.05, 3.63) is 290 Å². The predicted molar refractivity (Wildman–Crippen MR) is 295 cm³/mol. The minimum atomic E-state index is -0.777. The van der Waals surface area contributed by atoms with E-state index in [2.05, 4.69) is 281 Å². The van der Waals surface area contributed by atoms with E-state index >= 15 is 0 Å². The molecular formula is C67H45N3O. The Bertz CT molecular complexity index is 4080. The molecule has 13 aromatic rings. The Kier molecular flexibility index (Phi) is 9.39. The number of rotatable bonds is 9. The van der Waals surface area contributed by atoms with Gasteiger partial charge < -0.3 is 18.8 Å². The summed E-state index contributed by atoms with van der Waals surface area (Å²) >= 11 is 0. The third kappa shape index (κ3) is 6.39. The lowest BCUT2D eigenvalue weighted by molar-refractivity contribution is 0.644. The van der Waals surface area contributed by atoms with E-state index in [0.717, 1.165) is 67.1 Å². The fraction of sp³-hybridized carbons (Fsp3) is 0.0149. The van der Waals surface area contributed by atoms with Crippen LogP contribution in [0.1, 0.15) is 16.7 Å². The van der Waals surface area contributed by atoms with Crippen LogP contribution < -0.4 is 9.80 Å². The first kappa shape index (κ1) is 40.7. The van der Waals surface area contributed by atoms with Gasteiger partial charge in [0.15, 0.2) is 0 Å². The molecule has 0 N–H and O–H groups in total. The van der Waals surface area contributed by atoms with Crippen LogP contribution in [0.25, 0.3) is 71.7 Å². The van der Waals surface area contributed by atoms with E-state index in [0.29, 0.717) is 0 Å². The van der Waals surface area contributed by atoms with Crippen LogP contribution in [0, 0.1) is 0 Å². The highest BCUT2D eigenvalue weighted by atomic mass is 16.3. The largest absolute Gasteiger partial charge is 0.456 e. The number of fused-ring (bicyclic) bond motifs is 9. The number of para-hydroxylation sites is 4. The number of furan rings is 1. The zero-order valence-corrected chi connectivity index (χ0v) is 38.7. The van der Waals surface area contributed by atoms with E-state index in [9.17, 15) is 0 Å². The molecule has 0 amide bonds. The molecule has 4 nitrogen and oxygen atoms in total. The number of hydrogen-bond donors (Lipinski definition) is 0. The Balaban J connectivity index is 1.05. The van der Waals surface area contributed by atoms with Crippen molar-refractivity contribution in [2.45, 2.75) is 5.54 Å². The summed E-state index contributed by atoms with van der Waals surface area (Å²) in [5.41, 5.74) is 17.9. The summed E-state index contributed by atoms with van der Waals surface area (Å²) in [4.78, 5) is 4.97. The van der Waals surface area contributed by atoms with Crippen LogP contribution in [0.15, 0.2) is 277 Å². The summed E-state index contributed by atoms with van der Waals surface area (Å²) < 4.78 is 9.08. The molecule has 1 atom stereocenters. The van der Waals surface area contributed by atoms with Gasteiger partial charge in [-0.25, -0.2) is 0 Å².